The number of benzene rings is 7. The first-order valence-electron chi connectivity index (χ1n) is 17.1. The van der Waals surface area contributed by atoms with Crippen molar-refractivity contribution in [1.29, 1.82) is 0 Å². The number of rotatable bonds is 7. The van der Waals surface area contributed by atoms with Crippen LogP contribution in [0.1, 0.15) is 18.2 Å². The molecule has 0 spiro atoms. The van der Waals surface area contributed by atoms with Gasteiger partial charge in [-0.15, -0.1) is 6.58 Å². The first kappa shape index (κ1) is 32.2. The van der Waals surface area contributed by atoms with Crippen LogP contribution in [0.3, 0.4) is 0 Å². The largest absolute Gasteiger partial charge is 0.313 e. The van der Waals surface area contributed by atoms with Crippen molar-refractivity contribution in [2.45, 2.75) is 20.8 Å². The van der Waals surface area contributed by atoms with Gasteiger partial charge < -0.3 is 14.4 Å². The molecule has 0 aliphatic carbocycles. The molecule has 8 rings (SSSR count). The van der Waals surface area contributed by atoms with Crippen molar-refractivity contribution in [1.82, 2.24) is 4.57 Å². The molecule has 0 unspecified atom stereocenters. The maximum atomic E-state index is 3.36. The maximum Gasteiger partial charge on any atom is 0.0537 e. The fourth-order valence-electron chi connectivity index (χ4n) is 6.79. The zero-order chi connectivity index (χ0) is 34.5. The Kier molecular flexibility index (Phi) is 9.30. The number of hydrogen-bond acceptors (Lipinski definition) is 2. The number of aryl methyl sites for hydroxylation is 1. The predicted octanol–water partition coefficient (Wildman–Crippen LogP) is 13.5. The van der Waals surface area contributed by atoms with E-state index in [9.17, 15) is 0 Å². The van der Waals surface area contributed by atoms with Crippen LogP contribution in [0.2, 0.25) is 0 Å². The highest BCUT2D eigenvalue weighted by atomic mass is 15.2. The quantitative estimate of drug-likeness (QED) is 0.160. The average Bonchev–Trinajstić information content (AvgIpc) is 3.42. The maximum absolute atomic E-state index is 3.36. The highest BCUT2D eigenvalue weighted by Crippen LogP contribution is 2.41. The third-order valence-corrected chi connectivity index (χ3v) is 9.18. The van der Waals surface area contributed by atoms with Crippen LogP contribution in [0.15, 0.2) is 189 Å². The first-order chi connectivity index (χ1) is 24.6. The van der Waals surface area contributed by atoms with E-state index >= 15 is 0 Å². The molecule has 0 aliphatic rings. The Bertz CT molecular complexity index is 2310. The predicted molar refractivity (Wildman–Crippen MR) is 215 cm³/mol. The van der Waals surface area contributed by atoms with Crippen molar-refractivity contribution in [2.75, 3.05) is 9.80 Å². The standard InChI is InChI=1S/C44H35N3.C3H6/c1-32-33(2)45(43-24-14-16-34-15-12-13-23-41(34)43)44-30-29-40(31-42(32)44)47(37-21-10-5-11-22-37)39-27-25-38(26-28-39)46(35-17-6-3-7-18-35)36-19-8-4-9-20-36;1-3-2/h3-31H,1-2H3;3H,1H2,2H3. The number of aromatic nitrogens is 1. The van der Waals surface area contributed by atoms with E-state index in [0.717, 1.165) is 34.1 Å². The van der Waals surface area contributed by atoms with Gasteiger partial charge in [0.05, 0.1) is 11.2 Å². The van der Waals surface area contributed by atoms with Crippen LogP contribution in [-0.2, 0) is 0 Å². The normalized spacial score (nSPS) is 10.8. The molecule has 0 saturated carbocycles. The highest BCUT2D eigenvalue weighted by molar-refractivity contribution is 5.97. The summed E-state index contributed by atoms with van der Waals surface area (Å²) < 4.78 is 2.42. The van der Waals surface area contributed by atoms with Gasteiger partial charge in [-0.2, -0.15) is 0 Å². The summed E-state index contributed by atoms with van der Waals surface area (Å²) in [5.41, 5.74) is 11.7. The van der Waals surface area contributed by atoms with Gasteiger partial charge in [-0.1, -0.05) is 97.1 Å². The highest BCUT2D eigenvalue weighted by Gasteiger charge is 2.19. The topological polar surface area (TPSA) is 11.4 Å². The van der Waals surface area contributed by atoms with Gasteiger partial charge in [-0.05, 0) is 117 Å². The van der Waals surface area contributed by atoms with Crippen molar-refractivity contribution >= 4 is 55.8 Å². The van der Waals surface area contributed by atoms with Crippen LogP contribution in [-0.4, -0.2) is 4.57 Å². The minimum atomic E-state index is 1.10. The van der Waals surface area contributed by atoms with Crippen LogP contribution >= 0.6 is 0 Å². The third kappa shape index (κ3) is 6.18. The molecule has 0 N–H and O–H groups in total. The van der Waals surface area contributed by atoms with E-state index in [1.54, 1.807) is 6.08 Å². The van der Waals surface area contributed by atoms with Crippen molar-refractivity contribution in [3.63, 3.8) is 0 Å². The van der Waals surface area contributed by atoms with E-state index in [4.69, 9.17) is 0 Å². The molecule has 0 bridgehead atoms. The fourth-order valence-corrected chi connectivity index (χ4v) is 6.79. The summed E-state index contributed by atoms with van der Waals surface area (Å²) in [6, 6.07) is 62.7. The Labute approximate surface area is 295 Å². The summed E-state index contributed by atoms with van der Waals surface area (Å²) in [5, 5.41) is 3.76. The van der Waals surface area contributed by atoms with Crippen molar-refractivity contribution < 1.29 is 0 Å². The fraction of sp³-hybridized carbons (Fsp3) is 0.0638. The lowest BCUT2D eigenvalue weighted by Gasteiger charge is -2.28. The molecule has 0 aliphatic heterocycles. The monoisotopic (exact) mass is 647 g/mol. The third-order valence-electron chi connectivity index (χ3n) is 9.18. The van der Waals surface area contributed by atoms with Gasteiger partial charge in [0, 0.05) is 50.6 Å². The first-order valence-corrected chi connectivity index (χ1v) is 17.1. The Morgan fingerprint density at radius 3 is 1.42 bits per heavy atom. The van der Waals surface area contributed by atoms with Gasteiger partial charge in [0.1, 0.15) is 0 Å². The number of allylic oxidation sites excluding steroid dienone is 1. The zero-order valence-electron chi connectivity index (χ0n) is 28.9. The Morgan fingerprint density at radius 1 is 0.460 bits per heavy atom. The van der Waals surface area contributed by atoms with E-state index < -0.39 is 0 Å². The van der Waals surface area contributed by atoms with Crippen molar-refractivity contribution in [3.05, 3.63) is 200 Å². The van der Waals surface area contributed by atoms with E-state index in [1.807, 2.05) is 6.92 Å². The van der Waals surface area contributed by atoms with Gasteiger partial charge >= 0.3 is 0 Å². The molecule has 0 saturated heterocycles. The molecule has 7 aromatic carbocycles. The van der Waals surface area contributed by atoms with Gasteiger partial charge in [0.15, 0.2) is 0 Å². The van der Waals surface area contributed by atoms with Crippen molar-refractivity contribution in [2.24, 2.45) is 0 Å². The SMILES string of the molecule is C=CC.Cc1c(C)n(-c2cccc3ccccc23)c2ccc(N(c3ccccc3)c3ccc(N(c4ccccc4)c4ccccc4)cc3)cc12. The molecule has 0 atom stereocenters. The van der Waals surface area contributed by atoms with Gasteiger partial charge in [0.25, 0.3) is 0 Å². The summed E-state index contributed by atoms with van der Waals surface area (Å²) in [6.45, 7) is 9.72. The number of fused-ring (bicyclic) bond motifs is 2. The lowest BCUT2D eigenvalue weighted by atomic mass is 10.1. The summed E-state index contributed by atoms with van der Waals surface area (Å²) in [5.74, 6) is 0. The van der Waals surface area contributed by atoms with E-state index in [-0.39, 0.29) is 0 Å². The second-order valence-electron chi connectivity index (χ2n) is 12.3. The Morgan fingerprint density at radius 2 is 0.880 bits per heavy atom. The van der Waals surface area contributed by atoms with Crippen molar-refractivity contribution in [3.8, 4) is 5.69 Å². The molecular formula is C47H41N3. The smallest absolute Gasteiger partial charge is 0.0537 e. The molecule has 3 nitrogen and oxygen atoms in total. The molecular weight excluding hydrogens is 607 g/mol. The van der Waals surface area contributed by atoms with E-state index in [0.29, 0.717) is 0 Å². The van der Waals surface area contributed by atoms with Gasteiger partial charge in [-0.25, -0.2) is 0 Å². The zero-order valence-corrected chi connectivity index (χ0v) is 28.9. The number of para-hydroxylation sites is 3. The van der Waals surface area contributed by atoms with Crippen LogP contribution < -0.4 is 9.80 Å². The molecule has 0 amide bonds. The minimum Gasteiger partial charge on any atom is -0.313 e. The average molecular weight is 648 g/mol. The Hall–Kier alpha value is -6.32. The molecule has 244 valence electrons. The summed E-state index contributed by atoms with van der Waals surface area (Å²) >= 11 is 0. The Balaban J connectivity index is 0.00000126. The lowest BCUT2D eigenvalue weighted by molar-refractivity contribution is 1.05. The van der Waals surface area contributed by atoms with Gasteiger partial charge in [-0.3, -0.25) is 0 Å². The molecule has 8 aromatic rings. The molecule has 1 heterocycles. The van der Waals surface area contributed by atoms with E-state index in [1.165, 1.54) is 38.6 Å². The summed E-state index contributed by atoms with van der Waals surface area (Å²) in [7, 11) is 0. The number of anilines is 6. The minimum absolute atomic E-state index is 1.10. The molecule has 50 heavy (non-hydrogen) atoms. The second kappa shape index (κ2) is 14.4. The molecule has 3 heteroatoms. The summed E-state index contributed by atoms with van der Waals surface area (Å²) in [4.78, 5) is 4.65. The van der Waals surface area contributed by atoms with Gasteiger partial charge in [0.2, 0.25) is 0 Å². The van der Waals surface area contributed by atoms with Crippen LogP contribution in [0, 0.1) is 13.8 Å². The van der Waals surface area contributed by atoms with Crippen LogP contribution in [0.25, 0.3) is 27.4 Å². The van der Waals surface area contributed by atoms with Crippen LogP contribution in [0.4, 0.5) is 34.1 Å². The number of nitrogens with zero attached hydrogens (tertiary/aromatic N) is 3. The van der Waals surface area contributed by atoms with E-state index in [2.05, 4.69) is 211 Å². The molecule has 0 radical (unpaired) electrons. The second-order valence-corrected chi connectivity index (χ2v) is 12.3. The molecule has 0 fully saturated rings. The summed E-state index contributed by atoms with van der Waals surface area (Å²) in [6.07, 6.45) is 1.75. The molecule has 1 aromatic heterocycles. The number of hydrogen-bond donors (Lipinski definition) is 0. The lowest BCUT2D eigenvalue weighted by Crippen LogP contribution is -2.12. The van der Waals surface area contributed by atoms with Crippen LogP contribution in [0.5, 0.6) is 0 Å².